The van der Waals surface area contributed by atoms with Crippen LogP contribution in [0.1, 0.15) is 82.2 Å². The van der Waals surface area contributed by atoms with Crippen molar-refractivity contribution in [1.29, 1.82) is 5.26 Å². The topological polar surface area (TPSA) is 170 Å². The molecule has 0 bridgehead atoms. The summed E-state index contributed by atoms with van der Waals surface area (Å²) >= 11 is 0. The Balaban J connectivity index is 0.643. The number of fused-ring (bicyclic) bond motifs is 2. The van der Waals surface area contributed by atoms with Crippen molar-refractivity contribution in [2.75, 3.05) is 55.6 Å². The predicted molar refractivity (Wildman–Crippen MR) is 230 cm³/mol. The highest BCUT2D eigenvalue weighted by atomic mass is 16.5. The van der Waals surface area contributed by atoms with Crippen molar-refractivity contribution in [3.63, 3.8) is 0 Å². The molecule has 3 aliphatic carbocycles. The molecule has 2 aromatic carbocycles. The van der Waals surface area contributed by atoms with Crippen molar-refractivity contribution in [2.45, 2.75) is 94.3 Å². The largest absolute Gasteiger partial charge is 0.375 e. The number of rotatable bonds is 9. The first-order valence-corrected chi connectivity index (χ1v) is 22.4. The number of piperazine rings is 1. The molecule has 6 heterocycles. The van der Waals surface area contributed by atoms with E-state index in [1.165, 1.54) is 17.4 Å². The molecule has 1 unspecified atom stereocenters. The van der Waals surface area contributed by atoms with Gasteiger partial charge < -0.3 is 14.5 Å². The second kappa shape index (κ2) is 14.8. The van der Waals surface area contributed by atoms with Crippen LogP contribution in [0, 0.1) is 22.7 Å². The maximum absolute atomic E-state index is 13.2. The lowest BCUT2D eigenvalue weighted by Crippen LogP contribution is -2.48. The molecule has 316 valence electrons. The number of benzene rings is 2. The second-order valence-electron chi connectivity index (χ2n) is 18.7. The van der Waals surface area contributed by atoms with E-state index in [-0.39, 0.29) is 35.0 Å². The fraction of sp³-hybridized carbons (Fsp3) is 0.543. The van der Waals surface area contributed by atoms with E-state index < -0.39 is 11.9 Å². The maximum atomic E-state index is 13.2. The summed E-state index contributed by atoms with van der Waals surface area (Å²) in [5.74, 6) is 0.919. The van der Waals surface area contributed by atoms with E-state index >= 15 is 0 Å². The van der Waals surface area contributed by atoms with Crippen LogP contribution >= 0.6 is 0 Å². The van der Waals surface area contributed by atoms with E-state index in [0.717, 1.165) is 136 Å². The van der Waals surface area contributed by atoms with Gasteiger partial charge in [0.15, 0.2) is 0 Å². The van der Waals surface area contributed by atoms with Gasteiger partial charge in [-0.1, -0.05) is 6.07 Å². The van der Waals surface area contributed by atoms with Gasteiger partial charge in [0.05, 0.1) is 45.9 Å². The lowest BCUT2D eigenvalue weighted by molar-refractivity contribution is -0.135. The van der Waals surface area contributed by atoms with Crippen LogP contribution in [0.15, 0.2) is 53.6 Å². The zero-order valence-corrected chi connectivity index (χ0v) is 34.8. The maximum Gasteiger partial charge on any atom is 0.329 e. The quantitative estimate of drug-likeness (QED) is 0.193. The van der Waals surface area contributed by atoms with Crippen molar-refractivity contribution in [1.82, 2.24) is 39.5 Å². The zero-order valence-electron chi connectivity index (χ0n) is 34.8. The number of imidazole rings is 1. The number of ether oxygens (including phenoxy) is 1. The smallest absolute Gasteiger partial charge is 0.329 e. The Bertz CT molecular complexity index is 2630. The monoisotopic (exact) mass is 823 g/mol. The number of anilines is 2. The number of H-pyrrole nitrogens is 1. The van der Waals surface area contributed by atoms with E-state index in [4.69, 9.17) is 4.74 Å². The number of hydrogen-bond donors (Lipinski definition) is 2. The predicted octanol–water partition coefficient (Wildman–Crippen LogP) is 4.96. The highest BCUT2D eigenvalue weighted by Gasteiger charge is 2.75. The molecule has 2 atom stereocenters. The van der Waals surface area contributed by atoms with Gasteiger partial charge >= 0.3 is 5.69 Å². The third-order valence-corrected chi connectivity index (χ3v) is 15.2. The molecule has 2 amide bonds. The van der Waals surface area contributed by atoms with Gasteiger partial charge in [-0.25, -0.2) is 14.8 Å². The molecule has 3 aromatic heterocycles. The molecule has 3 saturated carbocycles. The van der Waals surface area contributed by atoms with Crippen LogP contribution in [0.2, 0.25) is 0 Å². The van der Waals surface area contributed by atoms with Crippen LogP contribution in [0.25, 0.3) is 33.3 Å². The minimum atomic E-state index is -0.683. The molecule has 15 nitrogen and oxygen atoms in total. The summed E-state index contributed by atoms with van der Waals surface area (Å²) in [7, 11) is 1.74. The molecule has 11 rings (SSSR count). The number of hydrogen-bond acceptors (Lipinski definition) is 11. The first-order valence-electron chi connectivity index (χ1n) is 22.4. The Kier molecular flexibility index (Phi) is 9.30. The lowest BCUT2D eigenvalue weighted by Gasteiger charge is -2.39. The van der Waals surface area contributed by atoms with Gasteiger partial charge in [0.2, 0.25) is 11.8 Å². The molecule has 61 heavy (non-hydrogen) atoms. The summed E-state index contributed by atoms with van der Waals surface area (Å²) in [5.41, 5.74) is 5.87. The average molecular weight is 824 g/mol. The van der Waals surface area contributed by atoms with Crippen LogP contribution in [0.3, 0.4) is 0 Å². The number of aryl methyl sites for hydroxylation is 1. The van der Waals surface area contributed by atoms with Crippen LogP contribution < -0.4 is 20.8 Å². The van der Waals surface area contributed by atoms with E-state index in [2.05, 4.69) is 76.6 Å². The van der Waals surface area contributed by atoms with Crippen LogP contribution in [-0.4, -0.2) is 104 Å². The minimum Gasteiger partial charge on any atom is -0.375 e. The number of aromatic nitrogens is 6. The summed E-state index contributed by atoms with van der Waals surface area (Å²) in [5, 5.41) is 21.4. The third kappa shape index (κ3) is 6.69. The van der Waals surface area contributed by atoms with Crippen molar-refractivity contribution in [3.05, 3.63) is 64.8 Å². The lowest BCUT2D eigenvalue weighted by atomic mass is 9.86. The van der Waals surface area contributed by atoms with Gasteiger partial charge in [-0.15, -0.1) is 0 Å². The number of nitrogens with one attached hydrogen (secondary N) is 2. The second-order valence-corrected chi connectivity index (χ2v) is 18.7. The van der Waals surface area contributed by atoms with Crippen LogP contribution in [-0.2, 0) is 26.8 Å². The van der Waals surface area contributed by atoms with Crippen LogP contribution in [0.5, 0.6) is 0 Å². The molecular formula is C46H53N11O4. The van der Waals surface area contributed by atoms with Gasteiger partial charge in [-0.05, 0) is 111 Å². The molecule has 2 N–H and O–H groups in total. The standard InChI is InChI=1S/C46H53N11O4/c1-53-39-23-31(5-9-37(39)57(44(53)60)38-10-11-41(58)50-43(38)59)55-16-12-33(13-17-55)61-32-6-2-29(3-7-32)25-54-18-20-56(21-19-54)40-24-36(48-28-49-40)42-34-22-30(4-8-35(34)51-52-42)46(27-47)26-45(46)14-15-45/h4-5,8-9,22-24,28-29,32-33,38H,2-3,6-7,10-21,25-26H2,1H3,(H,51,52)(H,50,58,59)/t29?,32?,38?,46-/m0/s1. The van der Waals surface area contributed by atoms with Gasteiger partial charge in [0.1, 0.15) is 23.9 Å². The molecule has 6 fully saturated rings. The van der Waals surface area contributed by atoms with Crippen molar-refractivity contribution < 1.29 is 14.3 Å². The molecule has 3 aliphatic heterocycles. The fourth-order valence-corrected chi connectivity index (χ4v) is 11.2. The SMILES string of the molecule is Cn1c(=O)n(C2CCC(=O)NC2=O)c2ccc(N3CCC(OC4CCC(CN5CCN(c6cc(-c7n[nH]c8ccc([C@@]9(C#N)CC9%10CC%10)cc78)ncn6)CC5)CC4)CC3)cc21. The zero-order chi connectivity index (χ0) is 41.5. The number of nitrogens with zero attached hydrogens (tertiary/aromatic N) is 9. The molecule has 5 aromatic rings. The Morgan fingerprint density at radius 1 is 0.852 bits per heavy atom. The van der Waals surface area contributed by atoms with Crippen molar-refractivity contribution >= 4 is 45.3 Å². The summed E-state index contributed by atoms with van der Waals surface area (Å²) in [6.07, 6.45) is 12.6. The normalized spacial score (nSPS) is 26.9. The number of imide groups is 1. The Labute approximate surface area is 354 Å². The number of aromatic amines is 1. The summed E-state index contributed by atoms with van der Waals surface area (Å²) in [4.78, 5) is 54.3. The fourth-order valence-electron chi connectivity index (χ4n) is 11.2. The summed E-state index contributed by atoms with van der Waals surface area (Å²) in [6, 6.07) is 16.4. The van der Waals surface area contributed by atoms with Gasteiger partial charge in [0.25, 0.3) is 0 Å². The summed E-state index contributed by atoms with van der Waals surface area (Å²) < 4.78 is 9.86. The Morgan fingerprint density at radius 2 is 1.64 bits per heavy atom. The van der Waals surface area contributed by atoms with E-state index in [1.54, 1.807) is 17.9 Å². The van der Waals surface area contributed by atoms with Crippen molar-refractivity contribution in [2.24, 2.45) is 18.4 Å². The first kappa shape index (κ1) is 38.3. The highest BCUT2D eigenvalue weighted by molar-refractivity contribution is 6.00. The average Bonchev–Trinajstić information content (AvgIpc) is 4.13. The van der Waals surface area contributed by atoms with Crippen LogP contribution in [0.4, 0.5) is 11.5 Å². The Morgan fingerprint density at radius 3 is 2.38 bits per heavy atom. The third-order valence-electron chi connectivity index (χ3n) is 15.2. The number of nitriles is 1. The van der Waals surface area contributed by atoms with E-state index in [0.29, 0.717) is 24.0 Å². The van der Waals surface area contributed by atoms with E-state index in [9.17, 15) is 19.6 Å². The van der Waals surface area contributed by atoms with E-state index in [1.807, 2.05) is 12.1 Å². The van der Waals surface area contributed by atoms with Crippen molar-refractivity contribution in [3.8, 4) is 17.5 Å². The highest BCUT2D eigenvalue weighted by Crippen LogP contribution is 2.78. The molecule has 0 radical (unpaired) electrons. The molecule has 1 spiro atoms. The van der Waals surface area contributed by atoms with Gasteiger partial charge in [-0.2, -0.15) is 10.4 Å². The number of amides is 2. The number of carbonyl (C=O) groups is 2. The number of carbonyl (C=O) groups excluding carboxylic acids is 2. The van der Waals surface area contributed by atoms with Gasteiger partial charge in [-0.3, -0.25) is 34.0 Å². The molecular weight excluding hydrogens is 771 g/mol. The molecule has 15 heteroatoms. The molecule has 3 saturated heterocycles. The first-order chi connectivity index (χ1) is 29.7. The molecule has 6 aliphatic rings. The number of piperidine rings is 2. The Hall–Kier alpha value is -5.59. The minimum absolute atomic E-state index is 0.211. The van der Waals surface area contributed by atoms with Gasteiger partial charge in [0, 0.05) is 76.4 Å². The summed E-state index contributed by atoms with van der Waals surface area (Å²) in [6.45, 7) is 6.78.